The van der Waals surface area contributed by atoms with Crippen LogP contribution in [0.25, 0.3) is 0 Å². The van der Waals surface area contributed by atoms with E-state index in [0.29, 0.717) is 18.7 Å². The Kier molecular flexibility index (Phi) is 6.83. The molecular formula is C15H24N2O5S. The lowest BCUT2D eigenvalue weighted by molar-refractivity contribution is -0.141. The first kappa shape index (κ1) is 19.2. The van der Waals surface area contributed by atoms with Gasteiger partial charge in [0.2, 0.25) is 10.0 Å². The molecule has 1 rings (SSSR count). The van der Waals surface area contributed by atoms with Crippen LogP contribution >= 0.6 is 0 Å². The van der Waals surface area contributed by atoms with Gasteiger partial charge in [0, 0.05) is 19.8 Å². The summed E-state index contributed by atoms with van der Waals surface area (Å²) in [5, 5.41) is 2.99. The molecular weight excluding hydrogens is 320 g/mol. The van der Waals surface area contributed by atoms with E-state index >= 15 is 0 Å². The van der Waals surface area contributed by atoms with Crippen molar-refractivity contribution in [3.8, 4) is 5.75 Å². The predicted molar refractivity (Wildman–Crippen MR) is 88.2 cm³/mol. The number of carbonyl (C=O) groups is 1. The number of methoxy groups -OCH3 is 1. The minimum atomic E-state index is -3.67. The van der Waals surface area contributed by atoms with E-state index in [1.54, 1.807) is 19.1 Å². The van der Waals surface area contributed by atoms with E-state index in [2.05, 4.69) is 5.32 Å². The lowest BCUT2D eigenvalue weighted by Crippen LogP contribution is -2.30. The second kappa shape index (κ2) is 8.16. The second-order valence-corrected chi connectivity index (χ2v) is 7.13. The molecule has 1 aromatic carbocycles. The zero-order valence-electron chi connectivity index (χ0n) is 14.1. The lowest BCUT2D eigenvalue weighted by atomic mass is 10.2. The Bertz CT molecular complexity index is 643. The van der Waals surface area contributed by atoms with Gasteiger partial charge in [-0.1, -0.05) is 6.92 Å². The van der Waals surface area contributed by atoms with Crippen LogP contribution in [0, 0.1) is 0 Å². The van der Waals surface area contributed by atoms with E-state index in [1.165, 1.54) is 27.3 Å². The van der Waals surface area contributed by atoms with Crippen LogP contribution < -0.4 is 10.1 Å². The molecule has 7 nitrogen and oxygen atoms in total. The van der Waals surface area contributed by atoms with Gasteiger partial charge < -0.3 is 14.8 Å². The van der Waals surface area contributed by atoms with Crippen molar-refractivity contribution in [2.75, 3.05) is 33.1 Å². The van der Waals surface area contributed by atoms with Crippen molar-refractivity contribution < 1.29 is 22.7 Å². The molecule has 0 bridgehead atoms. The number of hydrogen-bond acceptors (Lipinski definition) is 6. The van der Waals surface area contributed by atoms with Crippen molar-refractivity contribution >= 4 is 21.7 Å². The quantitative estimate of drug-likeness (QED) is 0.723. The van der Waals surface area contributed by atoms with Crippen molar-refractivity contribution in [3.63, 3.8) is 0 Å². The average Bonchev–Trinajstić information content (AvgIpc) is 2.52. The van der Waals surface area contributed by atoms with Crippen LogP contribution in [0.3, 0.4) is 0 Å². The first-order valence-electron chi connectivity index (χ1n) is 7.31. The summed E-state index contributed by atoms with van der Waals surface area (Å²) in [6.07, 6.45) is 0.510. The molecule has 0 aliphatic carbocycles. The predicted octanol–water partition coefficient (Wildman–Crippen LogP) is 1.70. The maximum atomic E-state index is 12.5. The molecule has 23 heavy (non-hydrogen) atoms. The molecule has 0 fully saturated rings. The third kappa shape index (κ3) is 4.59. The highest BCUT2D eigenvalue weighted by molar-refractivity contribution is 7.89. The molecule has 0 heterocycles. The SMILES string of the molecule is CCOc1ccc(N[C@H](CC)C(=O)OC)cc1S(=O)(=O)N(C)C. The molecule has 130 valence electrons. The van der Waals surface area contributed by atoms with Gasteiger partial charge in [-0.3, -0.25) is 0 Å². The Morgan fingerprint density at radius 2 is 1.96 bits per heavy atom. The Hall–Kier alpha value is -1.80. The van der Waals surface area contributed by atoms with Crippen LogP contribution in [0.5, 0.6) is 5.75 Å². The molecule has 8 heteroatoms. The fourth-order valence-corrected chi connectivity index (χ4v) is 2.99. The number of sulfonamides is 1. The van der Waals surface area contributed by atoms with E-state index < -0.39 is 22.0 Å². The number of nitrogens with one attached hydrogen (secondary N) is 1. The van der Waals surface area contributed by atoms with Gasteiger partial charge in [0.25, 0.3) is 0 Å². The van der Waals surface area contributed by atoms with E-state index in [4.69, 9.17) is 9.47 Å². The van der Waals surface area contributed by atoms with Gasteiger partial charge in [-0.2, -0.15) is 0 Å². The largest absolute Gasteiger partial charge is 0.492 e. The van der Waals surface area contributed by atoms with Gasteiger partial charge >= 0.3 is 5.97 Å². The highest BCUT2D eigenvalue weighted by Gasteiger charge is 2.24. The van der Waals surface area contributed by atoms with E-state index in [-0.39, 0.29) is 10.6 Å². The minimum absolute atomic E-state index is 0.0501. The Labute approximate surface area is 137 Å². The number of ether oxygens (including phenoxy) is 2. The van der Waals surface area contributed by atoms with Crippen molar-refractivity contribution in [1.29, 1.82) is 0 Å². The summed E-state index contributed by atoms with van der Waals surface area (Å²) in [5.41, 5.74) is 0.506. The zero-order valence-corrected chi connectivity index (χ0v) is 14.9. The number of nitrogens with zero attached hydrogens (tertiary/aromatic N) is 1. The van der Waals surface area contributed by atoms with Gasteiger partial charge in [-0.15, -0.1) is 0 Å². The smallest absolute Gasteiger partial charge is 0.328 e. The molecule has 0 aliphatic heterocycles. The van der Waals surface area contributed by atoms with Crippen LogP contribution in [-0.4, -0.2) is 52.5 Å². The summed E-state index contributed by atoms with van der Waals surface area (Å²) < 4.78 is 36.1. The lowest BCUT2D eigenvalue weighted by Gasteiger charge is -2.19. The van der Waals surface area contributed by atoms with Crippen LogP contribution in [0.15, 0.2) is 23.1 Å². The number of hydrogen-bond donors (Lipinski definition) is 1. The molecule has 0 aliphatic rings. The molecule has 0 radical (unpaired) electrons. The molecule has 0 saturated carbocycles. The number of carbonyl (C=O) groups excluding carboxylic acids is 1. The fraction of sp³-hybridized carbons (Fsp3) is 0.533. The number of benzene rings is 1. The molecule has 0 saturated heterocycles. The molecule has 1 atom stereocenters. The number of rotatable bonds is 8. The van der Waals surface area contributed by atoms with Crippen molar-refractivity contribution in [1.82, 2.24) is 4.31 Å². The molecule has 0 amide bonds. The second-order valence-electron chi connectivity index (χ2n) is 5.01. The first-order valence-corrected chi connectivity index (χ1v) is 8.75. The number of esters is 1. The molecule has 1 aromatic rings. The highest BCUT2D eigenvalue weighted by atomic mass is 32.2. The minimum Gasteiger partial charge on any atom is -0.492 e. The van der Waals surface area contributed by atoms with Crippen molar-refractivity contribution in [2.24, 2.45) is 0 Å². The van der Waals surface area contributed by atoms with E-state index in [9.17, 15) is 13.2 Å². The zero-order chi connectivity index (χ0) is 17.6. The van der Waals surface area contributed by atoms with Gasteiger partial charge in [0.15, 0.2) is 0 Å². The summed E-state index contributed by atoms with van der Waals surface area (Å²) in [5.74, 6) is -0.128. The van der Waals surface area contributed by atoms with E-state index in [0.717, 1.165) is 4.31 Å². The molecule has 0 unspecified atom stereocenters. The fourth-order valence-electron chi connectivity index (χ4n) is 1.94. The normalized spacial score (nSPS) is 12.8. The standard InChI is InChI=1S/C15H24N2O5S/c1-6-12(15(18)21-5)16-11-8-9-13(22-7-2)14(10-11)23(19,20)17(3)4/h8-10,12,16H,6-7H2,1-5H3/t12-/m1/s1. The Morgan fingerprint density at radius 1 is 1.30 bits per heavy atom. The summed E-state index contributed by atoms with van der Waals surface area (Å²) in [7, 11) is 0.550. The molecule has 0 aromatic heterocycles. The summed E-state index contributed by atoms with van der Waals surface area (Å²) >= 11 is 0. The molecule has 1 N–H and O–H groups in total. The average molecular weight is 344 g/mol. The van der Waals surface area contributed by atoms with Crippen LogP contribution in [0.4, 0.5) is 5.69 Å². The van der Waals surface area contributed by atoms with Gasteiger partial charge in [0.1, 0.15) is 16.7 Å². The third-order valence-corrected chi connectivity index (χ3v) is 5.07. The summed E-state index contributed by atoms with van der Waals surface area (Å²) in [6, 6.07) is 4.16. The van der Waals surface area contributed by atoms with Gasteiger partial charge in [-0.25, -0.2) is 17.5 Å². The van der Waals surface area contributed by atoms with Gasteiger partial charge in [-0.05, 0) is 31.5 Å². The van der Waals surface area contributed by atoms with Gasteiger partial charge in [0.05, 0.1) is 13.7 Å². The maximum Gasteiger partial charge on any atom is 0.328 e. The van der Waals surface area contributed by atoms with Crippen molar-refractivity contribution in [3.05, 3.63) is 18.2 Å². The highest BCUT2D eigenvalue weighted by Crippen LogP contribution is 2.29. The van der Waals surface area contributed by atoms with Crippen molar-refractivity contribution in [2.45, 2.75) is 31.2 Å². The Morgan fingerprint density at radius 3 is 2.43 bits per heavy atom. The maximum absolute atomic E-state index is 12.5. The topological polar surface area (TPSA) is 84.9 Å². The Balaban J connectivity index is 3.26. The first-order chi connectivity index (χ1) is 10.8. The van der Waals surface area contributed by atoms with Crippen LogP contribution in [0.2, 0.25) is 0 Å². The summed E-state index contributed by atoms with van der Waals surface area (Å²) in [6.45, 7) is 3.96. The van der Waals surface area contributed by atoms with E-state index in [1.807, 2.05) is 6.92 Å². The third-order valence-electron chi connectivity index (χ3n) is 3.24. The summed E-state index contributed by atoms with van der Waals surface area (Å²) in [4.78, 5) is 11.7. The van der Waals surface area contributed by atoms with Crippen LogP contribution in [0.1, 0.15) is 20.3 Å². The van der Waals surface area contributed by atoms with Crippen LogP contribution in [-0.2, 0) is 19.6 Å². The molecule has 0 spiro atoms. The number of anilines is 1. The monoisotopic (exact) mass is 344 g/mol.